The number of nitrogens with zero attached hydrogens (tertiary/aromatic N) is 2. The Hall–Kier alpha value is -2.13. The van der Waals surface area contributed by atoms with Gasteiger partial charge in [0.15, 0.2) is 0 Å². The molecule has 2 aromatic rings. The van der Waals surface area contributed by atoms with Crippen LogP contribution in [0, 0.1) is 23.7 Å². The predicted octanol–water partition coefficient (Wildman–Crippen LogP) is 12.3. The number of likely N-dealkylation sites (tertiary alicyclic amines) is 2. The largest absolute Gasteiger partial charge is 0.340 e. The topological polar surface area (TPSA) is 23.6 Å². The highest BCUT2D eigenvalue weighted by Gasteiger charge is 2.32. The molecule has 0 bridgehead atoms. The summed E-state index contributed by atoms with van der Waals surface area (Å²) in [6, 6.07) is 17.8. The van der Waals surface area contributed by atoms with E-state index in [9.17, 15) is 4.79 Å². The Morgan fingerprint density at radius 1 is 0.612 bits per heavy atom. The maximum absolute atomic E-state index is 13.1. The van der Waals surface area contributed by atoms with E-state index in [0.29, 0.717) is 59.3 Å². The molecule has 5 atom stereocenters. The quantitative estimate of drug-likeness (QED) is 0.158. The van der Waals surface area contributed by atoms with Gasteiger partial charge in [0.05, 0.1) is 0 Å². The third kappa shape index (κ3) is 10.7. The second kappa shape index (κ2) is 18.9. The summed E-state index contributed by atoms with van der Waals surface area (Å²) in [5.41, 5.74) is 7.62. The van der Waals surface area contributed by atoms with E-state index in [4.69, 9.17) is 0 Å². The number of amides is 1. The van der Waals surface area contributed by atoms with E-state index in [-0.39, 0.29) is 0 Å². The van der Waals surface area contributed by atoms with Crippen LogP contribution >= 0.6 is 0 Å². The summed E-state index contributed by atoms with van der Waals surface area (Å²) >= 11 is 0. The smallest absolute Gasteiger partial charge is 0.222 e. The second-order valence-electron chi connectivity index (χ2n) is 17.5. The van der Waals surface area contributed by atoms with E-state index in [2.05, 4.69) is 122 Å². The molecule has 49 heavy (non-hydrogen) atoms. The van der Waals surface area contributed by atoms with Gasteiger partial charge in [-0.25, -0.2) is 0 Å². The van der Waals surface area contributed by atoms with Gasteiger partial charge in [0.25, 0.3) is 0 Å². The van der Waals surface area contributed by atoms with Gasteiger partial charge in [-0.3, -0.25) is 9.69 Å². The Morgan fingerprint density at radius 2 is 1.18 bits per heavy atom. The summed E-state index contributed by atoms with van der Waals surface area (Å²) in [5.74, 6) is 4.94. The van der Waals surface area contributed by atoms with Crippen LogP contribution in [-0.4, -0.2) is 41.4 Å². The normalized spacial score (nSPS) is 19.3. The van der Waals surface area contributed by atoms with Gasteiger partial charge in [0, 0.05) is 25.6 Å². The molecule has 2 aromatic carbocycles. The number of carbonyl (C=O) groups is 1. The lowest BCUT2D eigenvalue weighted by Crippen LogP contribution is -2.37. The Balaban J connectivity index is 1.73. The number of piperidine rings is 1. The number of hydrogen-bond acceptors (Lipinski definition) is 2. The molecule has 1 amide bonds. The summed E-state index contributed by atoms with van der Waals surface area (Å²) in [6.45, 7) is 28.2. The molecule has 2 aliphatic rings. The number of hydrogen-bond donors (Lipinski definition) is 0. The van der Waals surface area contributed by atoms with Crippen molar-refractivity contribution >= 4 is 5.91 Å². The van der Waals surface area contributed by atoms with Crippen LogP contribution in [0.3, 0.4) is 0 Å². The van der Waals surface area contributed by atoms with E-state index in [1.54, 1.807) is 11.1 Å². The van der Waals surface area contributed by atoms with Crippen molar-refractivity contribution in [1.29, 1.82) is 0 Å². The van der Waals surface area contributed by atoms with E-state index in [1.807, 2.05) is 0 Å². The van der Waals surface area contributed by atoms with E-state index in [1.165, 1.54) is 61.9 Å². The molecular weight excluding hydrogens is 597 g/mol. The molecule has 0 radical (unpaired) electrons. The van der Waals surface area contributed by atoms with E-state index in [0.717, 1.165) is 45.2 Å². The molecule has 3 nitrogen and oxygen atoms in total. The molecule has 2 saturated heterocycles. The first kappa shape index (κ1) is 39.7. The first-order valence-corrected chi connectivity index (χ1v) is 20.7. The molecule has 5 unspecified atom stereocenters. The van der Waals surface area contributed by atoms with Crippen molar-refractivity contribution in [1.82, 2.24) is 9.80 Å². The summed E-state index contributed by atoms with van der Waals surface area (Å²) in [4.78, 5) is 18.0. The lowest BCUT2D eigenvalue weighted by atomic mass is 9.75. The average molecular weight is 671 g/mol. The van der Waals surface area contributed by atoms with Gasteiger partial charge in [0.2, 0.25) is 5.91 Å². The summed E-state index contributed by atoms with van der Waals surface area (Å²) in [6.07, 6.45) is 11.4. The molecule has 0 aliphatic carbocycles. The van der Waals surface area contributed by atoms with Crippen LogP contribution in [0.15, 0.2) is 42.5 Å². The van der Waals surface area contributed by atoms with Gasteiger partial charge in [-0.1, -0.05) is 118 Å². The first-order chi connectivity index (χ1) is 23.4. The Morgan fingerprint density at radius 3 is 1.67 bits per heavy atom. The second-order valence-corrected chi connectivity index (χ2v) is 17.5. The van der Waals surface area contributed by atoms with Crippen molar-refractivity contribution in [3.8, 4) is 0 Å². The summed E-state index contributed by atoms with van der Waals surface area (Å²) in [7, 11) is 0. The number of carbonyl (C=O) groups excluding carboxylic acids is 1. The SMILES string of the molecule is CCC(c1ccc(C(CC(c2ccc(C(CC(C)C)C(C)C)cc2)C(C)C)CC(CC)N2CCCC2=O)cc1CN1CCCCC1)C(C)C. The third-order valence-corrected chi connectivity index (χ3v) is 12.4. The Bertz CT molecular complexity index is 1270. The van der Waals surface area contributed by atoms with Crippen LogP contribution in [0.2, 0.25) is 0 Å². The van der Waals surface area contributed by atoms with Gasteiger partial charge in [-0.05, 0) is 140 Å². The van der Waals surface area contributed by atoms with Crippen molar-refractivity contribution < 1.29 is 4.79 Å². The van der Waals surface area contributed by atoms with Gasteiger partial charge < -0.3 is 4.90 Å². The minimum atomic E-state index is 0.308. The molecule has 2 heterocycles. The fourth-order valence-electron chi connectivity index (χ4n) is 9.44. The van der Waals surface area contributed by atoms with Crippen molar-refractivity contribution in [3.63, 3.8) is 0 Å². The van der Waals surface area contributed by atoms with E-state index >= 15 is 0 Å². The Kier molecular flexibility index (Phi) is 15.3. The highest BCUT2D eigenvalue weighted by atomic mass is 16.2. The number of benzene rings is 2. The molecule has 3 heteroatoms. The monoisotopic (exact) mass is 671 g/mol. The molecule has 2 fully saturated rings. The van der Waals surface area contributed by atoms with Crippen LogP contribution in [0.25, 0.3) is 0 Å². The maximum atomic E-state index is 13.1. The minimum absolute atomic E-state index is 0.308. The van der Waals surface area contributed by atoms with Crippen LogP contribution in [-0.2, 0) is 11.3 Å². The molecule has 2 aliphatic heterocycles. The summed E-state index contributed by atoms with van der Waals surface area (Å²) < 4.78 is 0. The fraction of sp³-hybridized carbons (Fsp3) is 0.717. The predicted molar refractivity (Wildman–Crippen MR) is 211 cm³/mol. The Labute approximate surface area is 303 Å². The van der Waals surface area contributed by atoms with Crippen molar-refractivity contribution in [2.75, 3.05) is 19.6 Å². The lowest BCUT2D eigenvalue weighted by Gasteiger charge is -2.35. The van der Waals surface area contributed by atoms with Crippen LogP contribution in [0.1, 0.15) is 185 Å². The van der Waals surface area contributed by atoms with Crippen LogP contribution in [0.5, 0.6) is 0 Å². The van der Waals surface area contributed by atoms with Crippen molar-refractivity contribution in [2.45, 2.75) is 170 Å². The maximum Gasteiger partial charge on any atom is 0.222 e. The third-order valence-electron chi connectivity index (χ3n) is 12.4. The highest BCUT2D eigenvalue weighted by molar-refractivity contribution is 5.78. The fourth-order valence-corrected chi connectivity index (χ4v) is 9.44. The zero-order valence-electron chi connectivity index (χ0n) is 33.4. The van der Waals surface area contributed by atoms with Crippen LogP contribution < -0.4 is 0 Å². The molecule has 0 spiro atoms. The first-order valence-electron chi connectivity index (χ1n) is 20.7. The minimum Gasteiger partial charge on any atom is -0.340 e. The van der Waals surface area contributed by atoms with Gasteiger partial charge in [-0.2, -0.15) is 0 Å². The van der Waals surface area contributed by atoms with Gasteiger partial charge >= 0.3 is 0 Å². The standard InChI is InChI=1S/C46H74N2O/c1-11-41(48-26-16-17-46(48)49)29-39(30-45(35(9)10)37-20-18-36(19-21-37)44(34(7)8)27-32(3)4)38-22-23-43(42(12-2)33(5)6)40(28-38)31-47-24-14-13-15-25-47/h18-23,28,32-35,39,41-42,44-45H,11-17,24-27,29-31H2,1-10H3. The zero-order chi connectivity index (χ0) is 35.7. The van der Waals surface area contributed by atoms with Crippen molar-refractivity contribution in [3.05, 3.63) is 70.3 Å². The van der Waals surface area contributed by atoms with Crippen LogP contribution in [0.4, 0.5) is 0 Å². The van der Waals surface area contributed by atoms with Gasteiger partial charge in [-0.15, -0.1) is 0 Å². The van der Waals surface area contributed by atoms with E-state index < -0.39 is 0 Å². The molecule has 4 rings (SSSR count). The summed E-state index contributed by atoms with van der Waals surface area (Å²) in [5, 5.41) is 0. The molecule has 274 valence electrons. The molecule has 0 aromatic heterocycles. The van der Waals surface area contributed by atoms with Crippen molar-refractivity contribution in [2.24, 2.45) is 23.7 Å². The molecule has 0 saturated carbocycles. The lowest BCUT2D eigenvalue weighted by molar-refractivity contribution is -0.129. The highest BCUT2D eigenvalue weighted by Crippen LogP contribution is 2.42. The molecular formula is C46H74N2O. The number of rotatable bonds is 18. The van der Waals surface area contributed by atoms with Gasteiger partial charge in [0.1, 0.15) is 0 Å². The zero-order valence-corrected chi connectivity index (χ0v) is 33.4. The average Bonchev–Trinajstić information content (AvgIpc) is 3.50. The molecule has 0 N–H and O–H groups in total.